The predicted molar refractivity (Wildman–Crippen MR) is 81.0 cm³/mol. The van der Waals surface area contributed by atoms with E-state index < -0.39 is 0 Å². The number of nitrogens with zero attached hydrogens (tertiary/aromatic N) is 2. The van der Waals surface area contributed by atoms with E-state index in [0.717, 1.165) is 32.2 Å². The van der Waals surface area contributed by atoms with Gasteiger partial charge in [0, 0.05) is 13.1 Å². The Labute approximate surface area is 120 Å². The van der Waals surface area contributed by atoms with Gasteiger partial charge in [0.05, 0.1) is 11.9 Å². The van der Waals surface area contributed by atoms with Gasteiger partial charge in [-0.1, -0.05) is 38.8 Å². The Hall–Kier alpha value is -1.03. The highest BCUT2D eigenvalue weighted by molar-refractivity contribution is 6.32. The molecule has 0 aliphatic carbocycles. The van der Waals surface area contributed by atoms with Crippen molar-refractivity contribution < 1.29 is 0 Å². The summed E-state index contributed by atoms with van der Waals surface area (Å²) in [5.74, 6) is 0.692. The van der Waals surface area contributed by atoms with E-state index in [-0.39, 0.29) is 10.6 Å². The lowest BCUT2D eigenvalue weighted by atomic mass is 10.1. The van der Waals surface area contributed by atoms with Gasteiger partial charge in [-0.05, 0) is 25.2 Å². The fourth-order valence-corrected chi connectivity index (χ4v) is 2.00. The number of unbranched alkanes of at least 4 members (excludes halogenated alkanes) is 1. The summed E-state index contributed by atoms with van der Waals surface area (Å²) >= 11 is 6.08. The van der Waals surface area contributed by atoms with Crippen LogP contribution < -0.4 is 10.9 Å². The Morgan fingerprint density at radius 1 is 1.42 bits per heavy atom. The summed E-state index contributed by atoms with van der Waals surface area (Å²) in [4.78, 5) is 12.0. The third-order valence-electron chi connectivity index (χ3n) is 2.98. The van der Waals surface area contributed by atoms with Gasteiger partial charge in [0.1, 0.15) is 5.02 Å². The SMILES string of the molecule is CCCCn1ncc(NCCCC(C)C)c(Cl)c1=O. The van der Waals surface area contributed by atoms with Crippen molar-refractivity contribution in [1.29, 1.82) is 0 Å². The third kappa shape index (κ3) is 5.23. The smallest absolute Gasteiger partial charge is 0.287 e. The third-order valence-corrected chi connectivity index (χ3v) is 3.35. The average Bonchev–Trinajstić information content (AvgIpc) is 2.38. The maximum absolute atomic E-state index is 12.0. The van der Waals surface area contributed by atoms with Gasteiger partial charge in [0.25, 0.3) is 5.56 Å². The van der Waals surface area contributed by atoms with Crippen LogP contribution in [0.25, 0.3) is 0 Å². The first-order chi connectivity index (χ1) is 9.06. The highest BCUT2D eigenvalue weighted by atomic mass is 35.5. The van der Waals surface area contributed by atoms with Crippen LogP contribution in [0.5, 0.6) is 0 Å². The average molecular weight is 286 g/mol. The van der Waals surface area contributed by atoms with E-state index in [1.807, 2.05) is 0 Å². The normalized spacial score (nSPS) is 11.0. The molecule has 1 N–H and O–H groups in total. The first-order valence-corrected chi connectivity index (χ1v) is 7.43. The van der Waals surface area contributed by atoms with Crippen LogP contribution in [0.3, 0.4) is 0 Å². The van der Waals surface area contributed by atoms with Crippen LogP contribution in [0.15, 0.2) is 11.0 Å². The van der Waals surface area contributed by atoms with Crippen molar-refractivity contribution in [1.82, 2.24) is 9.78 Å². The van der Waals surface area contributed by atoms with Crippen molar-refractivity contribution in [2.24, 2.45) is 5.92 Å². The van der Waals surface area contributed by atoms with Crippen LogP contribution in [0.1, 0.15) is 46.5 Å². The van der Waals surface area contributed by atoms with E-state index in [1.165, 1.54) is 4.68 Å². The maximum atomic E-state index is 12.0. The zero-order valence-electron chi connectivity index (χ0n) is 12.1. The molecule has 0 aliphatic heterocycles. The molecule has 0 unspecified atom stereocenters. The van der Waals surface area contributed by atoms with Crippen molar-refractivity contribution in [3.8, 4) is 0 Å². The molecule has 4 nitrogen and oxygen atoms in total. The molecule has 5 heteroatoms. The zero-order chi connectivity index (χ0) is 14.3. The van der Waals surface area contributed by atoms with Crippen LogP contribution in [0, 0.1) is 5.92 Å². The maximum Gasteiger partial charge on any atom is 0.287 e. The first-order valence-electron chi connectivity index (χ1n) is 7.05. The van der Waals surface area contributed by atoms with E-state index in [9.17, 15) is 4.79 Å². The van der Waals surface area contributed by atoms with E-state index in [0.29, 0.717) is 18.2 Å². The van der Waals surface area contributed by atoms with Crippen LogP contribution in [0.2, 0.25) is 5.02 Å². The van der Waals surface area contributed by atoms with Crippen molar-refractivity contribution in [2.45, 2.75) is 53.0 Å². The molecule has 1 heterocycles. The van der Waals surface area contributed by atoms with E-state index in [2.05, 4.69) is 31.2 Å². The van der Waals surface area contributed by atoms with Crippen molar-refractivity contribution in [2.75, 3.05) is 11.9 Å². The van der Waals surface area contributed by atoms with Gasteiger partial charge in [-0.15, -0.1) is 0 Å². The number of aromatic nitrogens is 2. The van der Waals surface area contributed by atoms with Crippen molar-refractivity contribution in [3.63, 3.8) is 0 Å². The molecule has 1 aromatic rings. The number of hydrogen-bond acceptors (Lipinski definition) is 3. The molecule has 0 aliphatic rings. The Morgan fingerprint density at radius 3 is 2.79 bits per heavy atom. The van der Waals surface area contributed by atoms with Crippen LogP contribution in [0.4, 0.5) is 5.69 Å². The van der Waals surface area contributed by atoms with Crippen molar-refractivity contribution in [3.05, 3.63) is 21.6 Å². The number of rotatable bonds is 8. The number of halogens is 1. The minimum Gasteiger partial charge on any atom is -0.382 e. The van der Waals surface area contributed by atoms with Gasteiger partial charge >= 0.3 is 0 Å². The second-order valence-electron chi connectivity index (χ2n) is 5.22. The lowest BCUT2D eigenvalue weighted by molar-refractivity contribution is 0.542. The van der Waals surface area contributed by atoms with Gasteiger partial charge < -0.3 is 5.32 Å². The first kappa shape index (κ1) is 16.0. The van der Waals surface area contributed by atoms with Gasteiger partial charge in [-0.25, -0.2) is 4.68 Å². The molecule has 1 aromatic heterocycles. The minimum atomic E-state index is -0.205. The van der Waals surface area contributed by atoms with E-state index in [4.69, 9.17) is 11.6 Å². The van der Waals surface area contributed by atoms with E-state index in [1.54, 1.807) is 6.20 Å². The summed E-state index contributed by atoms with van der Waals surface area (Å²) < 4.78 is 1.44. The topological polar surface area (TPSA) is 46.9 Å². The summed E-state index contributed by atoms with van der Waals surface area (Å²) in [7, 11) is 0. The van der Waals surface area contributed by atoms with Crippen LogP contribution in [-0.2, 0) is 6.54 Å². The zero-order valence-corrected chi connectivity index (χ0v) is 12.8. The lowest BCUT2D eigenvalue weighted by Gasteiger charge is -2.10. The summed E-state index contributed by atoms with van der Waals surface area (Å²) in [5, 5.41) is 7.58. The molecule has 108 valence electrons. The molecule has 0 atom stereocenters. The Morgan fingerprint density at radius 2 is 2.16 bits per heavy atom. The molecule has 0 aromatic carbocycles. The minimum absolute atomic E-state index is 0.205. The monoisotopic (exact) mass is 285 g/mol. The van der Waals surface area contributed by atoms with Crippen molar-refractivity contribution >= 4 is 17.3 Å². The largest absolute Gasteiger partial charge is 0.382 e. The van der Waals surface area contributed by atoms with Gasteiger partial charge in [0.2, 0.25) is 0 Å². The molecule has 0 spiro atoms. The lowest BCUT2D eigenvalue weighted by Crippen LogP contribution is -2.24. The van der Waals surface area contributed by atoms with Crippen LogP contribution in [-0.4, -0.2) is 16.3 Å². The van der Waals surface area contributed by atoms with Gasteiger partial charge in [-0.2, -0.15) is 5.10 Å². The molecule has 19 heavy (non-hydrogen) atoms. The standard InChI is InChI=1S/C14H24ClN3O/c1-4-5-9-18-14(19)13(15)12(10-17-18)16-8-6-7-11(2)3/h10-11,16H,4-9H2,1-3H3. The summed E-state index contributed by atoms with van der Waals surface area (Å²) in [6, 6.07) is 0. The van der Waals surface area contributed by atoms with Gasteiger partial charge in [-0.3, -0.25) is 4.79 Å². The number of nitrogens with one attached hydrogen (secondary N) is 1. The molecule has 0 saturated heterocycles. The molecular formula is C14H24ClN3O. The Kier molecular flexibility index (Phi) is 6.92. The van der Waals surface area contributed by atoms with Crippen LogP contribution >= 0.6 is 11.6 Å². The highest BCUT2D eigenvalue weighted by Crippen LogP contribution is 2.15. The molecule has 0 radical (unpaired) electrons. The predicted octanol–water partition coefficient (Wildman–Crippen LogP) is 3.54. The fourth-order valence-electron chi connectivity index (χ4n) is 1.79. The fraction of sp³-hybridized carbons (Fsp3) is 0.714. The summed E-state index contributed by atoms with van der Waals surface area (Å²) in [6.45, 7) is 7.92. The highest BCUT2D eigenvalue weighted by Gasteiger charge is 2.08. The quantitative estimate of drug-likeness (QED) is 0.743. The molecule has 0 amide bonds. The molecular weight excluding hydrogens is 262 g/mol. The Balaban J connectivity index is 2.61. The summed E-state index contributed by atoms with van der Waals surface area (Å²) in [6.07, 6.45) is 5.83. The molecule has 0 bridgehead atoms. The number of hydrogen-bond donors (Lipinski definition) is 1. The number of anilines is 1. The molecule has 0 saturated carbocycles. The second-order valence-corrected chi connectivity index (χ2v) is 5.59. The van der Waals surface area contributed by atoms with Gasteiger partial charge in [0.15, 0.2) is 0 Å². The van der Waals surface area contributed by atoms with E-state index >= 15 is 0 Å². The number of aryl methyl sites for hydroxylation is 1. The summed E-state index contributed by atoms with van der Waals surface area (Å²) in [5.41, 5.74) is 0.437. The molecule has 0 fully saturated rings. The second kappa shape index (κ2) is 8.20. The molecule has 1 rings (SSSR count). The Bertz CT molecular complexity index is 443.